The van der Waals surface area contributed by atoms with Crippen LogP contribution in [0.15, 0.2) is 0 Å². The molecule has 10 atom stereocenters. The van der Waals surface area contributed by atoms with E-state index in [0.29, 0.717) is 0 Å². The normalized spacial score (nSPS) is 21.4. The van der Waals surface area contributed by atoms with Gasteiger partial charge < -0.3 is 97.5 Å². The lowest BCUT2D eigenvalue weighted by Crippen LogP contribution is -2.61. The van der Waals surface area contributed by atoms with Crippen molar-refractivity contribution in [2.75, 3.05) is 32.7 Å². The highest BCUT2D eigenvalue weighted by molar-refractivity contribution is 5.98. The maximum atomic E-state index is 15.0. The summed E-state index contributed by atoms with van der Waals surface area (Å²) in [5.74, 6) is -8.85. The Labute approximate surface area is 572 Å². The van der Waals surface area contributed by atoms with Crippen LogP contribution in [0, 0.1) is 5.92 Å². The third-order valence-electron chi connectivity index (χ3n) is 13.1. The van der Waals surface area contributed by atoms with Gasteiger partial charge in [-0.3, -0.25) is 43.2 Å². The Morgan fingerprint density at radius 3 is 1.21 bits per heavy atom. The summed E-state index contributed by atoms with van der Waals surface area (Å²) in [5.41, 5.74) is -5.43. The first-order valence-corrected chi connectivity index (χ1v) is 33.2. The highest BCUT2D eigenvalue weighted by Gasteiger charge is 2.38. The standard InChI is InChI=1S/C65H117N13O19/c1-24-39-48(80)73-41(26-30-67-56(88)94-62(12,13)14)50(82)75-43(28-32-69-58(90)96-64(18,19)20)52(84)78-47(38(5)93-61(9,10)11)55(87)66-29-25-40(76-54(86)45(35-70-59(91)97-65(21,22)23)71-46(79)34-37(4)92-60(6,7)8)49(81)74-42(27-31-68-57(89)95-63(15,16)17)51(83)77-44(33-36(2)3)53(85)72-39/h36-45,47H,24-35H2,1-23H3,(H,66,87)(H,67,88)(H,68,89)(H,69,90)(H,70,91)(H,71,79)(H,72,85)(H,73,80)(H,74,81)(H,75,82)(H,76,86)(H,77,83)(H,78,84)/t37-,38-,39+,40+,41+,42+,43+,44-,45+,47+/m1/s1. The lowest BCUT2D eigenvalue weighted by atomic mass is 10.0. The number of hydrogen-bond acceptors (Lipinski definition) is 19. The minimum Gasteiger partial charge on any atom is -0.444 e. The summed E-state index contributed by atoms with van der Waals surface area (Å²) in [6, 6.07) is -12.7. The van der Waals surface area contributed by atoms with Crippen molar-refractivity contribution in [1.82, 2.24) is 69.1 Å². The van der Waals surface area contributed by atoms with Crippen molar-refractivity contribution in [1.29, 1.82) is 0 Å². The Hall–Kier alpha value is -7.77. The smallest absolute Gasteiger partial charge is 0.407 e. The first-order valence-electron chi connectivity index (χ1n) is 33.2. The molecule has 1 aliphatic rings. The molecule has 0 aromatic rings. The van der Waals surface area contributed by atoms with Gasteiger partial charge in [-0.05, 0) is 183 Å². The van der Waals surface area contributed by atoms with E-state index in [9.17, 15) is 57.5 Å². The van der Waals surface area contributed by atoms with Crippen LogP contribution in [-0.4, -0.2) is 204 Å². The minimum absolute atomic E-state index is 0.0512. The molecule has 0 bridgehead atoms. The predicted octanol–water partition coefficient (Wildman–Crippen LogP) is 2.91. The van der Waals surface area contributed by atoms with Gasteiger partial charge in [0.1, 0.15) is 70.7 Å². The predicted molar refractivity (Wildman–Crippen MR) is 359 cm³/mol. The number of alkyl carbamates (subject to hydrolysis) is 4. The molecule has 556 valence electrons. The monoisotopic (exact) mass is 1380 g/mol. The van der Waals surface area contributed by atoms with Crippen LogP contribution in [0.25, 0.3) is 0 Å². The summed E-state index contributed by atoms with van der Waals surface area (Å²) >= 11 is 0. The van der Waals surface area contributed by atoms with Gasteiger partial charge in [-0.25, -0.2) is 19.2 Å². The number of carbonyl (C=O) groups excluding carboxylic acids is 13. The first kappa shape index (κ1) is 87.2. The molecule has 97 heavy (non-hydrogen) atoms. The lowest BCUT2D eigenvalue weighted by molar-refractivity contribution is -0.139. The molecule has 1 aliphatic heterocycles. The molecule has 1 rings (SSSR count). The molecule has 0 saturated carbocycles. The average molecular weight is 1380 g/mol. The van der Waals surface area contributed by atoms with Crippen molar-refractivity contribution < 1.29 is 90.8 Å². The third kappa shape index (κ3) is 39.3. The zero-order chi connectivity index (χ0) is 74.8. The van der Waals surface area contributed by atoms with Gasteiger partial charge in [-0.2, -0.15) is 0 Å². The number of rotatable bonds is 22. The van der Waals surface area contributed by atoms with E-state index in [1.807, 2.05) is 0 Å². The first-order chi connectivity index (χ1) is 44.2. The fourth-order valence-corrected chi connectivity index (χ4v) is 9.26. The Morgan fingerprint density at radius 2 is 0.814 bits per heavy atom. The van der Waals surface area contributed by atoms with Gasteiger partial charge in [0.15, 0.2) is 0 Å². The molecule has 1 heterocycles. The quantitative estimate of drug-likeness (QED) is 0.0693. The van der Waals surface area contributed by atoms with Gasteiger partial charge in [0, 0.05) is 26.2 Å². The van der Waals surface area contributed by atoms with Gasteiger partial charge in [0.05, 0.1) is 36.4 Å². The number of amides is 13. The lowest BCUT2D eigenvalue weighted by Gasteiger charge is -2.32. The molecule has 0 unspecified atom stereocenters. The molecule has 13 N–H and O–H groups in total. The van der Waals surface area contributed by atoms with E-state index in [2.05, 4.69) is 69.1 Å². The van der Waals surface area contributed by atoms with E-state index in [1.54, 1.807) is 152 Å². The molecule has 1 fully saturated rings. The number of carbonyl (C=O) groups is 13. The Morgan fingerprint density at radius 1 is 0.454 bits per heavy atom. The van der Waals surface area contributed by atoms with Gasteiger partial charge in [0.2, 0.25) is 53.2 Å². The summed E-state index contributed by atoms with van der Waals surface area (Å²) in [4.78, 5) is 183. The molecule has 0 aromatic carbocycles. The van der Waals surface area contributed by atoms with E-state index >= 15 is 4.79 Å². The second kappa shape index (κ2) is 39.0. The van der Waals surface area contributed by atoms with Crippen LogP contribution in [0.3, 0.4) is 0 Å². The van der Waals surface area contributed by atoms with Gasteiger partial charge in [-0.1, -0.05) is 20.8 Å². The molecule has 32 nitrogen and oxygen atoms in total. The van der Waals surface area contributed by atoms with Gasteiger partial charge in [-0.15, -0.1) is 0 Å². The SMILES string of the molecule is CC[C@@H]1NC(=O)[C@@H](CC(C)C)NC(=O)[C@H](CCNC(=O)OC(C)(C)C)NC(=O)[C@@H](NC(=O)[C@H](CNC(=O)OC(C)(C)C)NC(=O)C[C@@H](C)OC(C)(C)C)CCNC(=O)[C@H]([C@@H](C)OC(C)(C)C)NC(=O)[C@H](CCNC(=O)OC(C)(C)C)NC(=O)[C@H](CCNC(=O)OC(C)(C)C)NC1=O. The zero-order valence-electron chi connectivity index (χ0n) is 61.6. The van der Waals surface area contributed by atoms with E-state index in [1.165, 1.54) is 6.92 Å². The molecule has 0 aromatic heterocycles. The van der Waals surface area contributed by atoms with Crippen molar-refractivity contribution in [3.05, 3.63) is 0 Å². The number of ether oxygens (including phenoxy) is 6. The zero-order valence-corrected chi connectivity index (χ0v) is 61.6. The van der Waals surface area contributed by atoms with E-state index in [0.717, 1.165) is 0 Å². The molecule has 0 aliphatic carbocycles. The van der Waals surface area contributed by atoms with E-state index in [4.69, 9.17) is 28.4 Å². The van der Waals surface area contributed by atoms with E-state index in [-0.39, 0.29) is 64.1 Å². The van der Waals surface area contributed by atoms with Crippen molar-refractivity contribution in [3.8, 4) is 0 Å². The van der Waals surface area contributed by atoms with Crippen molar-refractivity contribution in [2.45, 2.75) is 298 Å². The highest BCUT2D eigenvalue weighted by atomic mass is 16.6. The molecule has 0 radical (unpaired) electrons. The van der Waals surface area contributed by atoms with Crippen molar-refractivity contribution >= 4 is 77.5 Å². The minimum atomic E-state index is -1.74. The van der Waals surface area contributed by atoms with Crippen LogP contribution in [0.5, 0.6) is 0 Å². The summed E-state index contributed by atoms with van der Waals surface area (Å²) < 4.78 is 33.7. The molecule has 32 heteroatoms. The van der Waals surface area contributed by atoms with E-state index < -0.39 is 191 Å². The maximum Gasteiger partial charge on any atom is 0.407 e. The summed E-state index contributed by atoms with van der Waals surface area (Å²) in [7, 11) is 0. The van der Waals surface area contributed by atoms with Crippen LogP contribution in [-0.2, 0) is 71.6 Å². The maximum absolute atomic E-state index is 15.0. The Kier molecular flexibility index (Phi) is 35.1. The molecule has 0 spiro atoms. The Balaban J connectivity index is 4.43. The fourth-order valence-electron chi connectivity index (χ4n) is 9.26. The topological polar surface area (TPSA) is 434 Å². The van der Waals surface area contributed by atoms with Gasteiger partial charge >= 0.3 is 24.4 Å². The van der Waals surface area contributed by atoms with Gasteiger partial charge in [0.25, 0.3) is 0 Å². The second-order valence-corrected chi connectivity index (χ2v) is 30.3. The second-order valence-electron chi connectivity index (χ2n) is 30.3. The summed E-state index contributed by atoms with van der Waals surface area (Å²) in [6.45, 7) is 36.0. The van der Waals surface area contributed by atoms with Crippen molar-refractivity contribution in [3.63, 3.8) is 0 Å². The highest BCUT2D eigenvalue weighted by Crippen LogP contribution is 2.17. The number of hydrogen-bond donors (Lipinski definition) is 13. The largest absolute Gasteiger partial charge is 0.444 e. The molecular formula is C65H117N13O19. The average Bonchev–Trinajstić information content (AvgIpc) is 1.02. The number of nitrogens with one attached hydrogen (secondary N) is 13. The van der Waals surface area contributed by atoms with Crippen LogP contribution < -0.4 is 69.1 Å². The van der Waals surface area contributed by atoms with Crippen LogP contribution >= 0.6 is 0 Å². The molecule has 1 saturated heterocycles. The summed E-state index contributed by atoms with van der Waals surface area (Å²) in [5, 5.41) is 33.8. The molecular weight excluding hydrogens is 1270 g/mol. The summed E-state index contributed by atoms with van der Waals surface area (Å²) in [6.07, 6.45) is -7.42. The van der Waals surface area contributed by atoms with Crippen LogP contribution in [0.2, 0.25) is 0 Å². The fraction of sp³-hybridized carbons (Fsp3) is 0.800. The third-order valence-corrected chi connectivity index (χ3v) is 13.1. The Bertz CT molecular complexity index is 2670. The van der Waals surface area contributed by atoms with Crippen molar-refractivity contribution in [2.24, 2.45) is 5.92 Å². The van der Waals surface area contributed by atoms with Crippen LogP contribution in [0.1, 0.15) is 204 Å². The van der Waals surface area contributed by atoms with Crippen LogP contribution in [0.4, 0.5) is 19.2 Å². The molecule has 13 amide bonds.